The van der Waals surface area contributed by atoms with Gasteiger partial charge in [0.2, 0.25) is 0 Å². The quantitative estimate of drug-likeness (QED) is 0.918. The van der Waals surface area contributed by atoms with Crippen LogP contribution < -0.4 is 5.73 Å². The summed E-state index contributed by atoms with van der Waals surface area (Å²) >= 11 is 0. The molecule has 0 unspecified atom stereocenters. The van der Waals surface area contributed by atoms with Gasteiger partial charge < -0.3 is 10.6 Å². The minimum atomic E-state index is -0.0377. The number of carbonyl (C=O) groups is 1. The molecule has 2 heterocycles. The maximum Gasteiger partial charge on any atom is 0.272 e. The van der Waals surface area contributed by atoms with Crippen molar-refractivity contribution in [2.75, 3.05) is 5.73 Å². The van der Waals surface area contributed by atoms with Crippen molar-refractivity contribution in [3.63, 3.8) is 0 Å². The first kappa shape index (κ1) is 12.6. The monoisotopic (exact) mass is 268 g/mol. The molecule has 1 amide bonds. The summed E-state index contributed by atoms with van der Waals surface area (Å²) in [5.74, 6) is -0.0377. The summed E-state index contributed by atoms with van der Waals surface area (Å²) in [4.78, 5) is 22.6. The lowest BCUT2D eigenvalue weighted by Gasteiger charge is -2.22. The van der Waals surface area contributed by atoms with E-state index in [1.54, 1.807) is 24.5 Å². The van der Waals surface area contributed by atoms with Crippen molar-refractivity contribution >= 4 is 11.6 Å². The van der Waals surface area contributed by atoms with Crippen LogP contribution in [0.15, 0.2) is 42.9 Å². The summed E-state index contributed by atoms with van der Waals surface area (Å²) in [7, 11) is 0. The van der Waals surface area contributed by atoms with Gasteiger partial charge in [-0.3, -0.25) is 9.78 Å². The molecule has 0 saturated heterocycles. The number of aromatic nitrogens is 2. The molecule has 5 heteroatoms. The fourth-order valence-electron chi connectivity index (χ4n) is 2.12. The molecule has 0 aliphatic heterocycles. The molecule has 1 aliphatic carbocycles. The second-order valence-electron chi connectivity index (χ2n) is 5.00. The van der Waals surface area contributed by atoms with E-state index in [9.17, 15) is 4.79 Å². The number of anilines is 1. The number of carbonyl (C=O) groups excluding carboxylic acids is 1. The molecule has 0 radical (unpaired) electrons. The lowest BCUT2D eigenvalue weighted by atomic mass is 10.2. The van der Waals surface area contributed by atoms with Gasteiger partial charge in [0, 0.05) is 25.0 Å². The summed E-state index contributed by atoms with van der Waals surface area (Å²) in [6.07, 6.45) is 7.13. The molecule has 5 nitrogen and oxygen atoms in total. The van der Waals surface area contributed by atoms with Crippen molar-refractivity contribution in [1.29, 1.82) is 0 Å². The smallest absolute Gasteiger partial charge is 0.272 e. The summed E-state index contributed by atoms with van der Waals surface area (Å²) in [5.41, 5.74) is 7.69. The van der Waals surface area contributed by atoms with Crippen molar-refractivity contribution < 1.29 is 4.79 Å². The predicted molar refractivity (Wildman–Crippen MR) is 75.8 cm³/mol. The molecule has 2 aromatic heterocycles. The van der Waals surface area contributed by atoms with E-state index in [1.807, 2.05) is 17.0 Å². The SMILES string of the molecule is Nc1ccc(C(=O)N(Cc2ccncc2)C2CC2)nc1. The normalized spacial score (nSPS) is 14.0. The number of pyridine rings is 2. The number of amides is 1. The van der Waals surface area contributed by atoms with Crippen LogP contribution in [0.2, 0.25) is 0 Å². The van der Waals surface area contributed by atoms with Crippen LogP contribution in [0.1, 0.15) is 28.9 Å². The third kappa shape index (κ3) is 2.77. The maximum atomic E-state index is 12.5. The average Bonchev–Trinajstić information content (AvgIpc) is 3.30. The van der Waals surface area contributed by atoms with Gasteiger partial charge in [0.25, 0.3) is 5.91 Å². The van der Waals surface area contributed by atoms with E-state index >= 15 is 0 Å². The molecular formula is C15H16N4O. The number of hydrogen-bond acceptors (Lipinski definition) is 4. The number of nitrogens with zero attached hydrogens (tertiary/aromatic N) is 3. The second kappa shape index (κ2) is 5.28. The van der Waals surface area contributed by atoms with Gasteiger partial charge in [0.15, 0.2) is 0 Å². The fraction of sp³-hybridized carbons (Fsp3) is 0.267. The zero-order chi connectivity index (χ0) is 13.9. The van der Waals surface area contributed by atoms with Crippen molar-refractivity contribution in [3.05, 3.63) is 54.1 Å². The van der Waals surface area contributed by atoms with Gasteiger partial charge in [-0.1, -0.05) is 0 Å². The highest BCUT2D eigenvalue weighted by atomic mass is 16.2. The Balaban J connectivity index is 1.80. The largest absolute Gasteiger partial charge is 0.397 e. The lowest BCUT2D eigenvalue weighted by molar-refractivity contribution is 0.0724. The number of nitrogen functional groups attached to an aromatic ring is 1. The number of nitrogens with two attached hydrogens (primary N) is 1. The van der Waals surface area contributed by atoms with E-state index < -0.39 is 0 Å². The Morgan fingerprint density at radius 2 is 2.00 bits per heavy atom. The van der Waals surface area contributed by atoms with Gasteiger partial charge in [0.05, 0.1) is 11.9 Å². The van der Waals surface area contributed by atoms with E-state index in [2.05, 4.69) is 9.97 Å². The molecule has 0 spiro atoms. The Morgan fingerprint density at radius 1 is 1.25 bits per heavy atom. The standard InChI is InChI=1S/C15H16N4O/c16-12-1-4-14(18-9-12)15(20)19(13-2-3-13)10-11-5-7-17-8-6-11/h1,4-9,13H,2-3,10,16H2. The lowest BCUT2D eigenvalue weighted by Crippen LogP contribution is -2.33. The highest BCUT2D eigenvalue weighted by molar-refractivity contribution is 5.92. The van der Waals surface area contributed by atoms with Gasteiger partial charge in [-0.25, -0.2) is 4.98 Å². The Kier molecular flexibility index (Phi) is 3.33. The van der Waals surface area contributed by atoms with Crippen LogP contribution in [0, 0.1) is 0 Å². The zero-order valence-electron chi connectivity index (χ0n) is 11.1. The maximum absolute atomic E-state index is 12.5. The Hall–Kier alpha value is -2.43. The van der Waals surface area contributed by atoms with Crippen LogP contribution in [0.4, 0.5) is 5.69 Å². The Labute approximate surface area is 117 Å². The minimum Gasteiger partial charge on any atom is -0.397 e. The van der Waals surface area contributed by atoms with Crippen molar-refractivity contribution in [2.24, 2.45) is 0 Å². The molecule has 1 saturated carbocycles. The topological polar surface area (TPSA) is 72.1 Å². The van der Waals surface area contributed by atoms with Gasteiger partial charge in [-0.2, -0.15) is 0 Å². The van der Waals surface area contributed by atoms with E-state index in [0.717, 1.165) is 18.4 Å². The fourth-order valence-corrected chi connectivity index (χ4v) is 2.12. The molecule has 2 N–H and O–H groups in total. The second-order valence-corrected chi connectivity index (χ2v) is 5.00. The zero-order valence-corrected chi connectivity index (χ0v) is 11.1. The third-order valence-electron chi connectivity index (χ3n) is 3.36. The van der Waals surface area contributed by atoms with Crippen LogP contribution in [-0.4, -0.2) is 26.8 Å². The van der Waals surface area contributed by atoms with Crippen LogP contribution in [0.3, 0.4) is 0 Å². The van der Waals surface area contributed by atoms with Gasteiger partial charge in [-0.05, 0) is 42.7 Å². The third-order valence-corrected chi connectivity index (χ3v) is 3.36. The highest BCUT2D eigenvalue weighted by Gasteiger charge is 2.33. The average molecular weight is 268 g/mol. The molecule has 3 rings (SSSR count). The minimum absolute atomic E-state index is 0.0377. The van der Waals surface area contributed by atoms with E-state index in [0.29, 0.717) is 24.0 Å². The summed E-state index contributed by atoms with van der Waals surface area (Å²) in [6.45, 7) is 0.595. The Morgan fingerprint density at radius 3 is 2.60 bits per heavy atom. The van der Waals surface area contributed by atoms with Gasteiger partial charge >= 0.3 is 0 Å². The van der Waals surface area contributed by atoms with Crippen LogP contribution >= 0.6 is 0 Å². The molecule has 1 aliphatic rings. The van der Waals surface area contributed by atoms with Crippen LogP contribution in [0.25, 0.3) is 0 Å². The predicted octanol–water partition coefficient (Wildman–Crippen LogP) is 1.86. The van der Waals surface area contributed by atoms with Crippen LogP contribution in [0.5, 0.6) is 0 Å². The van der Waals surface area contributed by atoms with E-state index in [4.69, 9.17) is 5.73 Å². The number of rotatable bonds is 4. The van der Waals surface area contributed by atoms with Crippen molar-refractivity contribution in [3.8, 4) is 0 Å². The molecule has 0 bridgehead atoms. The Bertz CT molecular complexity index is 593. The number of hydrogen-bond donors (Lipinski definition) is 1. The van der Waals surface area contributed by atoms with Crippen LogP contribution in [-0.2, 0) is 6.54 Å². The van der Waals surface area contributed by atoms with Crippen molar-refractivity contribution in [1.82, 2.24) is 14.9 Å². The van der Waals surface area contributed by atoms with E-state index in [-0.39, 0.29) is 5.91 Å². The van der Waals surface area contributed by atoms with Gasteiger partial charge in [0.1, 0.15) is 5.69 Å². The first-order chi connectivity index (χ1) is 9.74. The van der Waals surface area contributed by atoms with Crippen molar-refractivity contribution in [2.45, 2.75) is 25.4 Å². The summed E-state index contributed by atoms with van der Waals surface area (Å²) in [5, 5.41) is 0. The first-order valence-corrected chi connectivity index (χ1v) is 6.65. The molecule has 0 atom stereocenters. The van der Waals surface area contributed by atoms with Gasteiger partial charge in [-0.15, -0.1) is 0 Å². The molecule has 2 aromatic rings. The molecular weight excluding hydrogens is 252 g/mol. The highest BCUT2D eigenvalue weighted by Crippen LogP contribution is 2.29. The molecule has 20 heavy (non-hydrogen) atoms. The molecule has 1 fully saturated rings. The van der Waals surface area contributed by atoms with E-state index in [1.165, 1.54) is 6.20 Å². The summed E-state index contributed by atoms with van der Waals surface area (Å²) < 4.78 is 0. The first-order valence-electron chi connectivity index (χ1n) is 6.65. The molecule has 102 valence electrons. The molecule has 0 aromatic carbocycles. The summed E-state index contributed by atoms with van der Waals surface area (Å²) in [6, 6.07) is 7.57.